The number of aromatic nitrogens is 3. The SMILES string of the molecule is O=C(NCc1ccccc1)[C@@H]1C[C@H]2CCN(C(=O)CCn3cnnc3)C[C@H]21. The van der Waals surface area contributed by atoms with Crippen molar-refractivity contribution in [1.29, 1.82) is 0 Å². The van der Waals surface area contributed by atoms with Gasteiger partial charge in [0, 0.05) is 38.5 Å². The van der Waals surface area contributed by atoms with E-state index in [0.29, 0.717) is 37.9 Å². The van der Waals surface area contributed by atoms with E-state index in [2.05, 4.69) is 15.5 Å². The Balaban J connectivity index is 1.26. The molecule has 1 N–H and O–H groups in total. The average molecular weight is 367 g/mol. The van der Waals surface area contributed by atoms with Gasteiger partial charge in [-0.3, -0.25) is 9.59 Å². The molecule has 27 heavy (non-hydrogen) atoms. The van der Waals surface area contributed by atoms with E-state index in [1.165, 1.54) is 0 Å². The van der Waals surface area contributed by atoms with Crippen molar-refractivity contribution in [2.24, 2.45) is 17.8 Å². The number of hydrogen-bond acceptors (Lipinski definition) is 4. The summed E-state index contributed by atoms with van der Waals surface area (Å²) in [5, 5.41) is 10.6. The molecule has 1 aromatic carbocycles. The number of rotatable bonds is 6. The number of aryl methyl sites for hydroxylation is 1. The van der Waals surface area contributed by atoms with Crippen molar-refractivity contribution in [3.05, 3.63) is 48.5 Å². The molecule has 2 aromatic rings. The number of carbonyl (C=O) groups is 2. The first-order valence-corrected chi connectivity index (χ1v) is 9.62. The smallest absolute Gasteiger partial charge is 0.224 e. The molecule has 4 rings (SSSR count). The molecule has 0 spiro atoms. The molecule has 2 amide bonds. The van der Waals surface area contributed by atoms with Crippen LogP contribution in [-0.2, 0) is 22.7 Å². The van der Waals surface area contributed by atoms with E-state index in [9.17, 15) is 9.59 Å². The van der Waals surface area contributed by atoms with Crippen molar-refractivity contribution in [3.8, 4) is 0 Å². The standard InChI is InChI=1S/C20H25N5O2/c26-19(7-8-24-13-22-23-14-24)25-9-6-16-10-17(18(16)12-25)20(27)21-11-15-4-2-1-3-5-15/h1-5,13-14,16-18H,6-12H2,(H,21,27)/t16-,17-,18-/m1/s1. The van der Waals surface area contributed by atoms with Crippen molar-refractivity contribution >= 4 is 11.8 Å². The van der Waals surface area contributed by atoms with Gasteiger partial charge in [-0.15, -0.1) is 10.2 Å². The second-order valence-electron chi connectivity index (χ2n) is 7.55. The zero-order valence-electron chi connectivity index (χ0n) is 15.3. The molecular weight excluding hydrogens is 342 g/mol. The van der Waals surface area contributed by atoms with Crippen LogP contribution in [0.2, 0.25) is 0 Å². The van der Waals surface area contributed by atoms with Crippen LogP contribution in [0.3, 0.4) is 0 Å². The summed E-state index contributed by atoms with van der Waals surface area (Å²) in [6, 6.07) is 9.96. The van der Waals surface area contributed by atoms with Gasteiger partial charge in [-0.1, -0.05) is 30.3 Å². The topological polar surface area (TPSA) is 80.1 Å². The van der Waals surface area contributed by atoms with Crippen LogP contribution in [0.1, 0.15) is 24.8 Å². The van der Waals surface area contributed by atoms with Gasteiger partial charge in [0.1, 0.15) is 12.7 Å². The maximum absolute atomic E-state index is 12.6. The largest absolute Gasteiger partial charge is 0.352 e. The molecule has 7 nitrogen and oxygen atoms in total. The molecule has 1 saturated carbocycles. The lowest BCUT2D eigenvalue weighted by Gasteiger charge is -2.50. The van der Waals surface area contributed by atoms with E-state index in [1.54, 1.807) is 12.7 Å². The summed E-state index contributed by atoms with van der Waals surface area (Å²) in [7, 11) is 0. The number of benzene rings is 1. The monoisotopic (exact) mass is 367 g/mol. The number of hydrogen-bond donors (Lipinski definition) is 1. The van der Waals surface area contributed by atoms with Crippen LogP contribution < -0.4 is 5.32 Å². The summed E-state index contributed by atoms with van der Waals surface area (Å²) in [5.74, 6) is 1.19. The molecule has 0 radical (unpaired) electrons. The highest BCUT2D eigenvalue weighted by Gasteiger charge is 2.48. The Hall–Kier alpha value is -2.70. The Labute approximate surface area is 158 Å². The van der Waals surface area contributed by atoms with Gasteiger partial charge in [-0.05, 0) is 30.2 Å². The lowest BCUT2D eigenvalue weighted by atomic mass is 9.61. The summed E-state index contributed by atoms with van der Waals surface area (Å²) in [6.45, 7) is 2.67. The van der Waals surface area contributed by atoms with Crippen molar-refractivity contribution in [2.75, 3.05) is 13.1 Å². The second-order valence-corrected chi connectivity index (χ2v) is 7.55. The first kappa shape index (κ1) is 17.7. The van der Waals surface area contributed by atoms with Crippen molar-refractivity contribution in [2.45, 2.75) is 32.4 Å². The molecule has 142 valence electrons. The average Bonchev–Trinajstić information content (AvgIpc) is 3.20. The number of likely N-dealkylation sites (tertiary alicyclic amines) is 1. The van der Waals surface area contributed by atoms with E-state index in [1.807, 2.05) is 39.8 Å². The number of nitrogens with one attached hydrogen (secondary N) is 1. The Morgan fingerprint density at radius 1 is 1.15 bits per heavy atom. The maximum atomic E-state index is 12.6. The minimum Gasteiger partial charge on any atom is -0.352 e. The Morgan fingerprint density at radius 3 is 2.70 bits per heavy atom. The second kappa shape index (κ2) is 7.90. The van der Waals surface area contributed by atoms with Crippen LogP contribution in [0.25, 0.3) is 0 Å². The number of nitrogens with zero attached hydrogens (tertiary/aromatic N) is 4. The molecule has 1 aliphatic heterocycles. The number of fused-ring (bicyclic) bond motifs is 1. The van der Waals surface area contributed by atoms with Crippen LogP contribution in [0, 0.1) is 17.8 Å². The van der Waals surface area contributed by atoms with Gasteiger partial charge in [0.25, 0.3) is 0 Å². The molecule has 7 heteroatoms. The van der Waals surface area contributed by atoms with Crippen LogP contribution >= 0.6 is 0 Å². The lowest BCUT2D eigenvalue weighted by molar-refractivity contribution is -0.145. The van der Waals surface area contributed by atoms with E-state index < -0.39 is 0 Å². The van der Waals surface area contributed by atoms with Gasteiger partial charge in [-0.2, -0.15) is 0 Å². The van der Waals surface area contributed by atoms with Gasteiger partial charge < -0.3 is 14.8 Å². The third kappa shape index (κ3) is 4.02. The third-order valence-corrected chi connectivity index (χ3v) is 5.93. The molecule has 1 saturated heterocycles. The zero-order chi connectivity index (χ0) is 18.6. The van der Waals surface area contributed by atoms with Crippen LogP contribution in [0.4, 0.5) is 0 Å². The van der Waals surface area contributed by atoms with Crippen molar-refractivity contribution < 1.29 is 9.59 Å². The normalized spacial score (nSPS) is 24.0. The Bertz CT molecular complexity index is 777. The quantitative estimate of drug-likeness (QED) is 0.838. The van der Waals surface area contributed by atoms with Gasteiger partial charge in [0.15, 0.2) is 0 Å². The zero-order valence-corrected chi connectivity index (χ0v) is 15.3. The van der Waals surface area contributed by atoms with Crippen molar-refractivity contribution in [1.82, 2.24) is 25.0 Å². The molecular formula is C20H25N5O2. The molecule has 2 fully saturated rings. The van der Waals surface area contributed by atoms with Gasteiger partial charge in [0.05, 0.1) is 0 Å². The van der Waals surface area contributed by atoms with Crippen LogP contribution in [0.15, 0.2) is 43.0 Å². The summed E-state index contributed by atoms with van der Waals surface area (Å²) < 4.78 is 1.81. The molecule has 0 bridgehead atoms. The maximum Gasteiger partial charge on any atom is 0.224 e. The number of carbonyl (C=O) groups excluding carboxylic acids is 2. The summed E-state index contributed by atoms with van der Waals surface area (Å²) >= 11 is 0. The van der Waals surface area contributed by atoms with Gasteiger partial charge >= 0.3 is 0 Å². The molecule has 3 atom stereocenters. The molecule has 2 aliphatic rings. The predicted octanol–water partition coefficient (Wildman–Crippen LogP) is 1.47. The van der Waals surface area contributed by atoms with Crippen LogP contribution in [-0.4, -0.2) is 44.6 Å². The molecule has 2 heterocycles. The Morgan fingerprint density at radius 2 is 1.93 bits per heavy atom. The van der Waals surface area contributed by atoms with Gasteiger partial charge in [0.2, 0.25) is 11.8 Å². The summed E-state index contributed by atoms with van der Waals surface area (Å²) in [4.78, 5) is 27.0. The number of amides is 2. The highest BCUT2D eigenvalue weighted by Crippen LogP contribution is 2.45. The van der Waals surface area contributed by atoms with E-state index in [0.717, 1.165) is 24.9 Å². The first-order valence-electron chi connectivity index (χ1n) is 9.62. The Kier molecular flexibility index (Phi) is 5.18. The van der Waals surface area contributed by atoms with E-state index in [4.69, 9.17) is 0 Å². The third-order valence-electron chi connectivity index (χ3n) is 5.93. The molecule has 1 aromatic heterocycles. The number of piperidine rings is 1. The van der Waals surface area contributed by atoms with Crippen molar-refractivity contribution in [3.63, 3.8) is 0 Å². The first-order chi connectivity index (χ1) is 13.2. The highest BCUT2D eigenvalue weighted by molar-refractivity contribution is 5.80. The molecule has 1 aliphatic carbocycles. The highest BCUT2D eigenvalue weighted by atomic mass is 16.2. The predicted molar refractivity (Wildman–Crippen MR) is 99.2 cm³/mol. The fourth-order valence-corrected chi connectivity index (χ4v) is 4.25. The summed E-state index contributed by atoms with van der Waals surface area (Å²) in [6.07, 6.45) is 5.65. The minimum absolute atomic E-state index is 0.0344. The fourth-order valence-electron chi connectivity index (χ4n) is 4.25. The van der Waals surface area contributed by atoms with E-state index >= 15 is 0 Å². The fraction of sp³-hybridized carbons (Fsp3) is 0.500. The minimum atomic E-state index is 0.0344. The summed E-state index contributed by atoms with van der Waals surface area (Å²) in [5.41, 5.74) is 1.11. The van der Waals surface area contributed by atoms with E-state index in [-0.39, 0.29) is 17.7 Å². The van der Waals surface area contributed by atoms with Crippen LogP contribution in [0.5, 0.6) is 0 Å². The lowest BCUT2D eigenvalue weighted by Crippen LogP contribution is -2.56. The van der Waals surface area contributed by atoms with Gasteiger partial charge in [-0.25, -0.2) is 0 Å². The molecule has 0 unspecified atom stereocenters.